The zero-order valence-electron chi connectivity index (χ0n) is 17.3. The van der Waals surface area contributed by atoms with Crippen molar-refractivity contribution in [3.8, 4) is 5.75 Å². The molecule has 0 radical (unpaired) electrons. The van der Waals surface area contributed by atoms with E-state index in [4.69, 9.17) is 4.74 Å². The van der Waals surface area contributed by atoms with Crippen LogP contribution in [0, 0.1) is 0 Å². The van der Waals surface area contributed by atoms with E-state index in [1.807, 2.05) is 24.3 Å². The fraction of sp³-hybridized carbons (Fsp3) is 0.478. The zero-order valence-corrected chi connectivity index (χ0v) is 18.1. The number of anilines is 1. The molecule has 2 unspecified atom stereocenters. The van der Waals surface area contributed by atoms with Crippen LogP contribution in [0.4, 0.5) is 5.69 Å². The summed E-state index contributed by atoms with van der Waals surface area (Å²) in [4.78, 5) is 0. The van der Waals surface area contributed by atoms with Crippen molar-refractivity contribution in [2.75, 3.05) is 17.5 Å². The summed E-state index contributed by atoms with van der Waals surface area (Å²) in [5, 5.41) is 14.9. The lowest BCUT2D eigenvalue weighted by molar-refractivity contribution is -0.107. The molecule has 0 amide bonds. The number of hydrogen-bond donors (Lipinski definition) is 3. The predicted octanol–water partition coefficient (Wildman–Crippen LogP) is 3.39. The number of aliphatic hydroxyl groups excluding tert-OH is 1. The Labute approximate surface area is 178 Å². The van der Waals surface area contributed by atoms with Crippen LogP contribution in [0.25, 0.3) is 0 Å². The van der Waals surface area contributed by atoms with Gasteiger partial charge in [0.1, 0.15) is 17.5 Å². The highest BCUT2D eigenvalue weighted by Gasteiger charge is 2.49. The van der Waals surface area contributed by atoms with E-state index in [-0.39, 0.29) is 6.04 Å². The third-order valence-corrected chi connectivity index (χ3v) is 6.75. The first-order valence-electron chi connectivity index (χ1n) is 10.6. The fourth-order valence-electron chi connectivity index (χ4n) is 4.70. The molecule has 2 aromatic rings. The second-order valence-electron chi connectivity index (χ2n) is 8.47. The van der Waals surface area contributed by atoms with Crippen molar-refractivity contribution >= 4 is 15.7 Å². The van der Waals surface area contributed by atoms with Gasteiger partial charge in [-0.25, -0.2) is 8.42 Å². The molecule has 2 aliphatic rings. The van der Waals surface area contributed by atoms with Crippen LogP contribution >= 0.6 is 0 Å². The van der Waals surface area contributed by atoms with Crippen LogP contribution in [0.15, 0.2) is 48.5 Å². The molecule has 162 valence electrons. The van der Waals surface area contributed by atoms with Crippen molar-refractivity contribution in [1.82, 2.24) is 5.32 Å². The molecule has 0 bridgehead atoms. The minimum absolute atomic E-state index is 0.261. The predicted molar refractivity (Wildman–Crippen MR) is 118 cm³/mol. The molecule has 3 N–H and O–H groups in total. The molecular formula is C23H30N2O4S. The van der Waals surface area contributed by atoms with Crippen LogP contribution in [-0.2, 0) is 16.4 Å². The van der Waals surface area contributed by atoms with Crippen molar-refractivity contribution < 1.29 is 18.3 Å². The highest BCUT2D eigenvalue weighted by Crippen LogP contribution is 2.47. The summed E-state index contributed by atoms with van der Waals surface area (Å²) < 4.78 is 32.2. The lowest BCUT2D eigenvalue weighted by Crippen LogP contribution is -2.57. The quantitative estimate of drug-likeness (QED) is 0.654. The first kappa shape index (κ1) is 21.2. The van der Waals surface area contributed by atoms with E-state index < -0.39 is 21.7 Å². The maximum atomic E-state index is 11.7. The Bertz CT molecular complexity index is 972. The Balaban J connectivity index is 1.60. The number of nitrogens with one attached hydrogen (secondary N) is 2. The Morgan fingerprint density at radius 2 is 1.83 bits per heavy atom. The second kappa shape index (κ2) is 8.57. The van der Waals surface area contributed by atoms with E-state index in [0.717, 1.165) is 56.9 Å². The van der Waals surface area contributed by atoms with Gasteiger partial charge in [0.2, 0.25) is 10.0 Å². The van der Waals surface area contributed by atoms with Crippen LogP contribution in [0.3, 0.4) is 0 Å². The van der Waals surface area contributed by atoms with E-state index in [2.05, 4.69) is 22.2 Å². The standard InChI is InChI=1S/C23H30N2O4S/c1-30(27,28)25-18-10-11-19-20(16-18)29-23(13-6-3-7-14-23)22(26)21(19)24-15-12-17-8-4-2-5-9-17/h2,4-5,8-11,16,21-22,24-26H,3,6-7,12-15H2,1H3. The average molecular weight is 431 g/mol. The first-order valence-corrected chi connectivity index (χ1v) is 12.5. The van der Waals surface area contributed by atoms with Gasteiger partial charge < -0.3 is 15.2 Å². The van der Waals surface area contributed by atoms with Gasteiger partial charge in [0, 0.05) is 11.6 Å². The molecule has 1 aliphatic heterocycles. The molecular weight excluding hydrogens is 400 g/mol. The number of rotatable bonds is 6. The molecule has 2 aromatic carbocycles. The molecule has 1 heterocycles. The fourth-order valence-corrected chi connectivity index (χ4v) is 5.25. The minimum atomic E-state index is -3.38. The van der Waals surface area contributed by atoms with Crippen molar-refractivity contribution in [3.05, 3.63) is 59.7 Å². The summed E-state index contributed by atoms with van der Waals surface area (Å²) >= 11 is 0. The number of benzene rings is 2. The first-order chi connectivity index (χ1) is 14.4. The van der Waals surface area contributed by atoms with Gasteiger partial charge in [-0.3, -0.25) is 4.72 Å². The number of fused-ring (bicyclic) bond motifs is 1. The molecule has 2 atom stereocenters. The maximum absolute atomic E-state index is 11.7. The van der Waals surface area contributed by atoms with Crippen molar-refractivity contribution in [2.24, 2.45) is 0 Å². The average Bonchev–Trinajstić information content (AvgIpc) is 2.71. The Morgan fingerprint density at radius 3 is 2.53 bits per heavy atom. The van der Waals surface area contributed by atoms with Gasteiger partial charge >= 0.3 is 0 Å². The minimum Gasteiger partial charge on any atom is -0.484 e. The topological polar surface area (TPSA) is 87.7 Å². The lowest BCUT2D eigenvalue weighted by Gasteiger charge is -2.48. The van der Waals surface area contributed by atoms with Crippen molar-refractivity contribution in [2.45, 2.75) is 56.3 Å². The third-order valence-electron chi connectivity index (χ3n) is 6.14. The number of sulfonamides is 1. The van der Waals surface area contributed by atoms with E-state index in [1.165, 1.54) is 5.56 Å². The normalized spacial score (nSPS) is 22.9. The van der Waals surface area contributed by atoms with Crippen LogP contribution < -0.4 is 14.8 Å². The summed E-state index contributed by atoms with van der Waals surface area (Å²) in [7, 11) is -3.38. The SMILES string of the molecule is CS(=O)(=O)Nc1ccc2c(c1)OC1(CCCCC1)C(O)C2NCCc1ccccc1. The molecule has 0 saturated heterocycles. The van der Waals surface area contributed by atoms with E-state index in [1.54, 1.807) is 12.1 Å². The van der Waals surface area contributed by atoms with E-state index >= 15 is 0 Å². The largest absolute Gasteiger partial charge is 0.484 e. The van der Waals surface area contributed by atoms with E-state index in [0.29, 0.717) is 11.4 Å². The van der Waals surface area contributed by atoms with E-state index in [9.17, 15) is 13.5 Å². The molecule has 4 rings (SSSR count). The summed E-state index contributed by atoms with van der Waals surface area (Å²) in [6, 6.07) is 15.3. The highest BCUT2D eigenvalue weighted by atomic mass is 32.2. The van der Waals surface area contributed by atoms with Crippen LogP contribution in [0.5, 0.6) is 5.75 Å². The molecule has 6 nitrogen and oxygen atoms in total. The monoisotopic (exact) mass is 430 g/mol. The smallest absolute Gasteiger partial charge is 0.229 e. The number of aliphatic hydroxyl groups is 1. The molecule has 30 heavy (non-hydrogen) atoms. The molecule has 1 aliphatic carbocycles. The highest BCUT2D eigenvalue weighted by molar-refractivity contribution is 7.92. The summed E-state index contributed by atoms with van der Waals surface area (Å²) in [6.07, 6.45) is 6.12. The van der Waals surface area contributed by atoms with Gasteiger partial charge in [0.25, 0.3) is 0 Å². The van der Waals surface area contributed by atoms with Crippen LogP contribution in [0.2, 0.25) is 0 Å². The van der Waals surface area contributed by atoms with Gasteiger partial charge in [0.15, 0.2) is 0 Å². The van der Waals surface area contributed by atoms with Gasteiger partial charge in [-0.1, -0.05) is 42.8 Å². The molecule has 1 fully saturated rings. The lowest BCUT2D eigenvalue weighted by atomic mass is 9.74. The van der Waals surface area contributed by atoms with Gasteiger partial charge in [-0.2, -0.15) is 0 Å². The Hall–Kier alpha value is -2.09. The van der Waals surface area contributed by atoms with Gasteiger partial charge in [0.05, 0.1) is 18.0 Å². The summed E-state index contributed by atoms with van der Waals surface area (Å²) in [5.41, 5.74) is 1.96. The molecule has 1 spiro atoms. The van der Waals surface area contributed by atoms with Gasteiger partial charge in [-0.05, 0) is 50.3 Å². The Morgan fingerprint density at radius 1 is 1.10 bits per heavy atom. The van der Waals surface area contributed by atoms with Crippen LogP contribution in [0.1, 0.15) is 49.3 Å². The third kappa shape index (κ3) is 4.63. The Kier molecular flexibility index (Phi) is 6.04. The second-order valence-corrected chi connectivity index (χ2v) is 10.2. The summed E-state index contributed by atoms with van der Waals surface area (Å²) in [6.45, 7) is 0.727. The molecule has 1 saturated carbocycles. The number of hydrogen-bond acceptors (Lipinski definition) is 5. The zero-order chi connectivity index (χ0) is 21.2. The molecule has 7 heteroatoms. The molecule has 0 aromatic heterocycles. The summed E-state index contributed by atoms with van der Waals surface area (Å²) in [5.74, 6) is 0.646. The van der Waals surface area contributed by atoms with Crippen LogP contribution in [-0.4, -0.2) is 38.0 Å². The van der Waals surface area contributed by atoms with Gasteiger partial charge in [-0.15, -0.1) is 0 Å². The van der Waals surface area contributed by atoms with Crippen molar-refractivity contribution in [1.29, 1.82) is 0 Å². The van der Waals surface area contributed by atoms with Crippen molar-refractivity contribution in [3.63, 3.8) is 0 Å². The number of ether oxygens (including phenoxy) is 1. The maximum Gasteiger partial charge on any atom is 0.229 e.